The van der Waals surface area contributed by atoms with Gasteiger partial charge in [-0.1, -0.05) is 46.3 Å². The van der Waals surface area contributed by atoms with Crippen LogP contribution in [0.5, 0.6) is 0 Å². The third-order valence-electron chi connectivity index (χ3n) is 2.59. The first-order chi connectivity index (χ1) is 8.26. The SMILES string of the molecule is CCc1c(C=O)nnn1Cc1ccccc1Br. The predicted octanol–water partition coefficient (Wildman–Crippen LogP) is 2.46. The van der Waals surface area contributed by atoms with E-state index >= 15 is 0 Å². The molecule has 0 saturated carbocycles. The quantitative estimate of drug-likeness (QED) is 0.814. The Morgan fingerprint density at radius 1 is 1.41 bits per heavy atom. The molecule has 1 heterocycles. The van der Waals surface area contributed by atoms with Crippen molar-refractivity contribution in [2.24, 2.45) is 0 Å². The molecule has 1 aromatic heterocycles. The molecule has 0 N–H and O–H groups in total. The van der Waals surface area contributed by atoms with Gasteiger partial charge in [-0.2, -0.15) is 0 Å². The number of carbonyl (C=O) groups is 1. The number of nitrogens with zero attached hydrogens (tertiary/aromatic N) is 3. The van der Waals surface area contributed by atoms with Crippen LogP contribution in [-0.4, -0.2) is 21.3 Å². The van der Waals surface area contributed by atoms with Crippen molar-refractivity contribution < 1.29 is 4.79 Å². The molecule has 0 bridgehead atoms. The Kier molecular flexibility index (Phi) is 3.68. The average Bonchev–Trinajstić information content (AvgIpc) is 2.74. The Bertz CT molecular complexity index is 536. The molecule has 17 heavy (non-hydrogen) atoms. The van der Waals surface area contributed by atoms with E-state index in [0.717, 1.165) is 28.4 Å². The van der Waals surface area contributed by atoms with Gasteiger partial charge in [0.25, 0.3) is 0 Å². The largest absolute Gasteiger partial charge is 0.296 e. The standard InChI is InChI=1S/C12H12BrN3O/c1-2-12-11(8-17)14-15-16(12)7-9-5-3-4-6-10(9)13/h3-6,8H,2,7H2,1H3. The molecule has 0 unspecified atom stereocenters. The van der Waals surface area contributed by atoms with Gasteiger partial charge >= 0.3 is 0 Å². The molecule has 0 spiro atoms. The molecular formula is C12H12BrN3O. The molecule has 0 amide bonds. The lowest BCUT2D eigenvalue weighted by molar-refractivity contribution is 0.111. The third-order valence-corrected chi connectivity index (χ3v) is 3.37. The van der Waals surface area contributed by atoms with Crippen LogP contribution in [0.1, 0.15) is 28.7 Å². The van der Waals surface area contributed by atoms with Crippen LogP contribution in [0.15, 0.2) is 28.7 Å². The maximum Gasteiger partial charge on any atom is 0.172 e. The number of aromatic nitrogens is 3. The van der Waals surface area contributed by atoms with E-state index < -0.39 is 0 Å². The minimum atomic E-state index is 0.430. The van der Waals surface area contributed by atoms with Gasteiger partial charge in [0.15, 0.2) is 6.29 Å². The topological polar surface area (TPSA) is 47.8 Å². The Hall–Kier alpha value is -1.49. The zero-order valence-electron chi connectivity index (χ0n) is 9.43. The van der Waals surface area contributed by atoms with Crippen molar-refractivity contribution in [1.82, 2.24) is 15.0 Å². The first-order valence-electron chi connectivity index (χ1n) is 5.37. The summed E-state index contributed by atoms with van der Waals surface area (Å²) in [7, 11) is 0. The molecule has 0 atom stereocenters. The average molecular weight is 294 g/mol. The summed E-state index contributed by atoms with van der Waals surface area (Å²) in [6, 6.07) is 7.94. The highest BCUT2D eigenvalue weighted by atomic mass is 79.9. The normalized spacial score (nSPS) is 10.5. The minimum Gasteiger partial charge on any atom is -0.296 e. The van der Waals surface area contributed by atoms with Crippen LogP contribution in [0.4, 0.5) is 0 Å². The van der Waals surface area contributed by atoms with Crippen molar-refractivity contribution >= 4 is 22.2 Å². The van der Waals surface area contributed by atoms with Crippen LogP contribution in [0, 0.1) is 0 Å². The van der Waals surface area contributed by atoms with Crippen LogP contribution in [0.25, 0.3) is 0 Å². The monoisotopic (exact) mass is 293 g/mol. The van der Waals surface area contributed by atoms with E-state index in [1.54, 1.807) is 4.68 Å². The zero-order chi connectivity index (χ0) is 12.3. The highest BCUT2D eigenvalue weighted by Crippen LogP contribution is 2.17. The lowest BCUT2D eigenvalue weighted by atomic mass is 10.2. The minimum absolute atomic E-state index is 0.430. The molecule has 0 aliphatic rings. The molecule has 2 aromatic rings. The number of benzene rings is 1. The van der Waals surface area contributed by atoms with E-state index in [1.165, 1.54) is 0 Å². The van der Waals surface area contributed by atoms with Gasteiger partial charge in [0, 0.05) is 4.47 Å². The molecular weight excluding hydrogens is 282 g/mol. The maximum atomic E-state index is 10.8. The van der Waals surface area contributed by atoms with Gasteiger partial charge in [-0.15, -0.1) is 5.10 Å². The second-order valence-electron chi connectivity index (χ2n) is 3.64. The van der Waals surface area contributed by atoms with Crippen molar-refractivity contribution in [2.45, 2.75) is 19.9 Å². The summed E-state index contributed by atoms with van der Waals surface area (Å²) in [4.78, 5) is 10.8. The number of hydrogen-bond donors (Lipinski definition) is 0. The fraction of sp³-hybridized carbons (Fsp3) is 0.250. The summed E-state index contributed by atoms with van der Waals surface area (Å²) < 4.78 is 2.80. The molecule has 4 nitrogen and oxygen atoms in total. The molecule has 0 radical (unpaired) electrons. The molecule has 0 aliphatic heterocycles. The van der Waals surface area contributed by atoms with Gasteiger partial charge in [0.1, 0.15) is 5.69 Å². The fourth-order valence-electron chi connectivity index (χ4n) is 1.72. The lowest BCUT2D eigenvalue weighted by Crippen LogP contribution is -2.07. The molecule has 0 fully saturated rings. The molecule has 0 saturated heterocycles. The van der Waals surface area contributed by atoms with Crippen LogP contribution < -0.4 is 0 Å². The number of aldehydes is 1. The molecule has 88 valence electrons. The van der Waals surface area contributed by atoms with Crippen LogP contribution in [0.3, 0.4) is 0 Å². The lowest BCUT2D eigenvalue weighted by Gasteiger charge is -2.06. The second kappa shape index (κ2) is 5.23. The van der Waals surface area contributed by atoms with E-state index in [9.17, 15) is 4.79 Å². The second-order valence-corrected chi connectivity index (χ2v) is 4.50. The van der Waals surface area contributed by atoms with E-state index in [2.05, 4.69) is 26.2 Å². The molecule has 2 rings (SSSR count). The molecule has 0 aliphatic carbocycles. The summed E-state index contributed by atoms with van der Waals surface area (Å²) in [5.41, 5.74) is 2.42. The Morgan fingerprint density at radius 3 is 2.82 bits per heavy atom. The van der Waals surface area contributed by atoms with Gasteiger partial charge in [-0.05, 0) is 18.1 Å². The van der Waals surface area contributed by atoms with E-state index in [0.29, 0.717) is 12.2 Å². The highest BCUT2D eigenvalue weighted by Gasteiger charge is 2.11. The number of hydrogen-bond acceptors (Lipinski definition) is 3. The third kappa shape index (κ3) is 2.44. The Morgan fingerprint density at radius 2 is 2.18 bits per heavy atom. The van der Waals surface area contributed by atoms with Crippen LogP contribution in [0.2, 0.25) is 0 Å². The highest BCUT2D eigenvalue weighted by molar-refractivity contribution is 9.10. The Labute approximate surface area is 108 Å². The number of carbonyl (C=O) groups excluding carboxylic acids is 1. The van der Waals surface area contributed by atoms with Crippen molar-refractivity contribution in [2.75, 3.05) is 0 Å². The summed E-state index contributed by atoms with van der Waals surface area (Å²) in [5, 5.41) is 7.87. The van der Waals surface area contributed by atoms with Gasteiger partial charge in [0.2, 0.25) is 0 Å². The predicted molar refractivity (Wildman–Crippen MR) is 68.0 cm³/mol. The van der Waals surface area contributed by atoms with Crippen molar-refractivity contribution in [3.05, 3.63) is 45.7 Å². The summed E-state index contributed by atoms with van der Waals surface area (Å²) >= 11 is 3.49. The van der Waals surface area contributed by atoms with Gasteiger partial charge < -0.3 is 0 Å². The van der Waals surface area contributed by atoms with E-state index in [-0.39, 0.29) is 0 Å². The van der Waals surface area contributed by atoms with E-state index in [4.69, 9.17) is 0 Å². The van der Waals surface area contributed by atoms with Crippen molar-refractivity contribution in [3.8, 4) is 0 Å². The summed E-state index contributed by atoms with van der Waals surface area (Å²) in [6.07, 6.45) is 1.49. The van der Waals surface area contributed by atoms with E-state index in [1.807, 2.05) is 31.2 Å². The molecule has 1 aromatic carbocycles. The number of rotatable bonds is 4. The van der Waals surface area contributed by atoms with Crippen LogP contribution >= 0.6 is 15.9 Å². The van der Waals surface area contributed by atoms with Crippen molar-refractivity contribution in [3.63, 3.8) is 0 Å². The Balaban J connectivity index is 2.33. The van der Waals surface area contributed by atoms with Crippen molar-refractivity contribution in [1.29, 1.82) is 0 Å². The maximum absolute atomic E-state index is 10.8. The fourth-order valence-corrected chi connectivity index (χ4v) is 2.13. The number of halogens is 1. The van der Waals surface area contributed by atoms with Crippen LogP contribution in [-0.2, 0) is 13.0 Å². The zero-order valence-corrected chi connectivity index (χ0v) is 11.0. The van der Waals surface area contributed by atoms with Gasteiger partial charge in [0.05, 0.1) is 12.2 Å². The summed E-state index contributed by atoms with van der Waals surface area (Å²) in [5.74, 6) is 0. The summed E-state index contributed by atoms with van der Waals surface area (Å²) in [6.45, 7) is 2.60. The van der Waals surface area contributed by atoms with Gasteiger partial charge in [-0.3, -0.25) is 4.79 Å². The first-order valence-corrected chi connectivity index (χ1v) is 6.16. The molecule has 5 heteroatoms. The van der Waals surface area contributed by atoms with Gasteiger partial charge in [-0.25, -0.2) is 4.68 Å². The first kappa shape index (κ1) is 12.0. The smallest absolute Gasteiger partial charge is 0.172 e.